The third-order valence-electron chi connectivity index (χ3n) is 2.21. The number of thiophene rings is 1. The van der Waals surface area contributed by atoms with Crippen LogP contribution in [0.3, 0.4) is 0 Å². The summed E-state index contributed by atoms with van der Waals surface area (Å²) in [5.74, 6) is 0. The number of benzene rings is 1. The molecule has 1 N–H and O–H groups in total. The molecule has 0 unspecified atom stereocenters. The predicted octanol–water partition coefficient (Wildman–Crippen LogP) is 3.58. The summed E-state index contributed by atoms with van der Waals surface area (Å²) in [4.78, 5) is 11.3. The summed E-state index contributed by atoms with van der Waals surface area (Å²) in [7, 11) is -3.77. The van der Waals surface area contributed by atoms with Gasteiger partial charge in [0.1, 0.15) is 4.88 Å². The van der Waals surface area contributed by atoms with Crippen LogP contribution < -0.4 is 4.72 Å². The molecule has 0 amide bonds. The smallest absolute Gasteiger partial charge is 0.264 e. The molecule has 4 nitrogen and oxygen atoms in total. The minimum atomic E-state index is -3.77. The maximum absolute atomic E-state index is 12.1. The second-order valence-corrected chi connectivity index (χ2v) is 6.87. The zero-order valence-corrected chi connectivity index (χ0v) is 12.4. The molecule has 0 radical (unpaired) electrons. The fourth-order valence-corrected chi connectivity index (χ4v) is 3.54. The standard InChI is InChI=1S/C11H7Cl2NO3S2/c12-7-1-3-8(4-2-7)19(16,17)14-9-5-6-18-10(9)11(13)15/h1-6,14H. The van der Waals surface area contributed by atoms with Crippen LogP contribution in [0.5, 0.6) is 0 Å². The SMILES string of the molecule is O=C(Cl)c1sccc1NS(=O)(=O)c1ccc(Cl)cc1. The van der Waals surface area contributed by atoms with Crippen molar-refractivity contribution in [2.24, 2.45) is 0 Å². The summed E-state index contributed by atoms with van der Waals surface area (Å²) in [6.45, 7) is 0. The predicted molar refractivity (Wildman–Crippen MR) is 76.8 cm³/mol. The molecule has 8 heteroatoms. The van der Waals surface area contributed by atoms with Crippen molar-refractivity contribution in [3.05, 3.63) is 45.6 Å². The number of carbonyl (C=O) groups is 1. The molecular formula is C11H7Cl2NO3S2. The Labute approximate surface area is 124 Å². The first-order chi connectivity index (χ1) is 8.90. The molecule has 0 saturated carbocycles. The van der Waals surface area contributed by atoms with Crippen LogP contribution in [-0.2, 0) is 10.0 Å². The van der Waals surface area contributed by atoms with Crippen molar-refractivity contribution in [3.8, 4) is 0 Å². The van der Waals surface area contributed by atoms with Gasteiger partial charge in [-0.05, 0) is 47.3 Å². The molecule has 0 atom stereocenters. The topological polar surface area (TPSA) is 63.2 Å². The van der Waals surface area contributed by atoms with Gasteiger partial charge in [-0.15, -0.1) is 11.3 Å². The number of sulfonamides is 1. The molecule has 1 aromatic carbocycles. The number of halogens is 2. The van der Waals surface area contributed by atoms with Crippen molar-refractivity contribution >= 4 is 55.5 Å². The molecule has 0 aliphatic rings. The lowest BCUT2D eigenvalue weighted by atomic mass is 10.4. The zero-order valence-electron chi connectivity index (χ0n) is 9.26. The molecule has 0 bridgehead atoms. The van der Waals surface area contributed by atoms with Crippen LogP contribution in [0.1, 0.15) is 9.67 Å². The number of nitrogens with one attached hydrogen (secondary N) is 1. The van der Waals surface area contributed by atoms with E-state index in [-0.39, 0.29) is 15.5 Å². The van der Waals surface area contributed by atoms with Crippen molar-refractivity contribution < 1.29 is 13.2 Å². The van der Waals surface area contributed by atoms with E-state index in [2.05, 4.69) is 4.72 Å². The summed E-state index contributed by atoms with van der Waals surface area (Å²) in [6, 6.07) is 7.17. The summed E-state index contributed by atoms with van der Waals surface area (Å²) in [6.07, 6.45) is 0. The van der Waals surface area contributed by atoms with Gasteiger partial charge in [-0.1, -0.05) is 11.6 Å². The minimum Gasteiger partial charge on any atom is -0.278 e. The normalized spacial score (nSPS) is 11.3. The Morgan fingerprint density at radius 1 is 1.16 bits per heavy atom. The number of hydrogen-bond acceptors (Lipinski definition) is 4. The van der Waals surface area contributed by atoms with E-state index >= 15 is 0 Å². The van der Waals surface area contributed by atoms with Gasteiger partial charge in [0.05, 0.1) is 10.6 Å². The van der Waals surface area contributed by atoms with E-state index in [1.54, 1.807) is 5.38 Å². The second kappa shape index (κ2) is 5.50. The van der Waals surface area contributed by atoms with Crippen LogP contribution in [0.2, 0.25) is 5.02 Å². The third-order valence-corrected chi connectivity index (χ3v) is 5.06. The van der Waals surface area contributed by atoms with Crippen molar-refractivity contribution in [2.45, 2.75) is 4.90 Å². The van der Waals surface area contributed by atoms with Crippen LogP contribution in [0.15, 0.2) is 40.6 Å². The average molecular weight is 336 g/mol. The highest BCUT2D eigenvalue weighted by molar-refractivity contribution is 7.92. The molecule has 0 spiro atoms. The molecule has 0 fully saturated rings. The Kier molecular flexibility index (Phi) is 4.15. The Hall–Kier alpha value is -1.08. The first kappa shape index (κ1) is 14.3. The lowest BCUT2D eigenvalue weighted by Gasteiger charge is -2.07. The molecule has 0 aliphatic heterocycles. The van der Waals surface area contributed by atoms with Crippen LogP contribution >= 0.6 is 34.5 Å². The fourth-order valence-electron chi connectivity index (χ4n) is 1.36. The first-order valence-corrected chi connectivity index (χ1v) is 8.08. The summed E-state index contributed by atoms with van der Waals surface area (Å²) in [5, 5.41) is 1.31. The molecular weight excluding hydrogens is 329 g/mol. The molecule has 19 heavy (non-hydrogen) atoms. The molecule has 2 aromatic rings. The molecule has 1 heterocycles. The van der Waals surface area contributed by atoms with Crippen molar-refractivity contribution in [2.75, 3.05) is 4.72 Å². The number of hydrogen-bond donors (Lipinski definition) is 1. The lowest BCUT2D eigenvalue weighted by molar-refractivity contribution is 0.108. The van der Waals surface area contributed by atoms with Gasteiger partial charge in [0, 0.05) is 5.02 Å². The zero-order chi connectivity index (χ0) is 14.0. The quantitative estimate of drug-likeness (QED) is 0.868. The molecule has 100 valence electrons. The number of anilines is 1. The average Bonchev–Trinajstić information content (AvgIpc) is 2.77. The van der Waals surface area contributed by atoms with Gasteiger partial charge < -0.3 is 0 Å². The highest BCUT2D eigenvalue weighted by atomic mass is 35.5. The van der Waals surface area contributed by atoms with Crippen LogP contribution in [0, 0.1) is 0 Å². The van der Waals surface area contributed by atoms with Crippen LogP contribution in [0.25, 0.3) is 0 Å². The van der Waals surface area contributed by atoms with Gasteiger partial charge in [-0.3, -0.25) is 9.52 Å². The van der Waals surface area contributed by atoms with E-state index < -0.39 is 15.3 Å². The number of carbonyl (C=O) groups excluding carboxylic acids is 1. The first-order valence-electron chi connectivity index (χ1n) is 4.96. The summed E-state index contributed by atoms with van der Waals surface area (Å²) >= 11 is 12.1. The Morgan fingerprint density at radius 2 is 1.79 bits per heavy atom. The van der Waals surface area contributed by atoms with E-state index in [0.29, 0.717) is 5.02 Å². The minimum absolute atomic E-state index is 0.0519. The van der Waals surface area contributed by atoms with Gasteiger partial charge in [-0.2, -0.15) is 0 Å². The number of rotatable bonds is 4. The van der Waals surface area contributed by atoms with Crippen LogP contribution in [0.4, 0.5) is 5.69 Å². The maximum Gasteiger partial charge on any atom is 0.264 e. The molecule has 0 aliphatic carbocycles. The van der Waals surface area contributed by atoms with E-state index in [1.165, 1.54) is 30.3 Å². The van der Waals surface area contributed by atoms with E-state index in [4.69, 9.17) is 23.2 Å². The largest absolute Gasteiger partial charge is 0.278 e. The van der Waals surface area contributed by atoms with Crippen molar-refractivity contribution in [3.63, 3.8) is 0 Å². The van der Waals surface area contributed by atoms with Gasteiger partial charge >= 0.3 is 0 Å². The fraction of sp³-hybridized carbons (Fsp3) is 0. The van der Waals surface area contributed by atoms with Gasteiger partial charge in [0.25, 0.3) is 15.3 Å². The lowest BCUT2D eigenvalue weighted by Crippen LogP contribution is -2.13. The highest BCUT2D eigenvalue weighted by Crippen LogP contribution is 2.27. The van der Waals surface area contributed by atoms with Gasteiger partial charge in [0.2, 0.25) is 0 Å². The Balaban J connectivity index is 2.34. The highest BCUT2D eigenvalue weighted by Gasteiger charge is 2.18. The molecule has 0 saturated heterocycles. The Bertz CT molecular complexity index is 708. The maximum atomic E-state index is 12.1. The van der Waals surface area contributed by atoms with Crippen molar-refractivity contribution in [1.29, 1.82) is 0 Å². The van der Waals surface area contributed by atoms with E-state index in [0.717, 1.165) is 11.3 Å². The molecule has 1 aromatic heterocycles. The second-order valence-electron chi connectivity index (χ2n) is 3.50. The summed E-state index contributed by atoms with van der Waals surface area (Å²) < 4.78 is 26.5. The molecule has 2 rings (SSSR count). The Morgan fingerprint density at radius 3 is 2.37 bits per heavy atom. The monoisotopic (exact) mass is 335 g/mol. The van der Waals surface area contributed by atoms with E-state index in [1.807, 2.05) is 0 Å². The van der Waals surface area contributed by atoms with Crippen LogP contribution in [-0.4, -0.2) is 13.7 Å². The van der Waals surface area contributed by atoms with Gasteiger partial charge in [-0.25, -0.2) is 8.42 Å². The van der Waals surface area contributed by atoms with Crippen molar-refractivity contribution in [1.82, 2.24) is 0 Å². The van der Waals surface area contributed by atoms with E-state index in [9.17, 15) is 13.2 Å². The van der Waals surface area contributed by atoms with Gasteiger partial charge in [0.15, 0.2) is 0 Å². The summed E-state index contributed by atoms with van der Waals surface area (Å²) in [5.41, 5.74) is 0.167. The third kappa shape index (κ3) is 3.27.